The minimum atomic E-state index is 0.164. The Bertz CT molecular complexity index is 251. The monoisotopic (exact) mass is 257 g/mol. The van der Waals surface area contributed by atoms with E-state index in [-0.39, 0.29) is 18.1 Å². The van der Waals surface area contributed by atoms with E-state index in [9.17, 15) is 5.11 Å². The summed E-state index contributed by atoms with van der Waals surface area (Å²) in [4.78, 5) is 0. The van der Waals surface area contributed by atoms with Gasteiger partial charge >= 0.3 is 0 Å². The fourth-order valence-corrected chi connectivity index (χ4v) is 2.47. The highest BCUT2D eigenvalue weighted by molar-refractivity contribution is 5.03. The van der Waals surface area contributed by atoms with Crippen LogP contribution in [-0.4, -0.2) is 36.5 Å². The van der Waals surface area contributed by atoms with Crippen molar-refractivity contribution < 1.29 is 9.84 Å². The molecule has 0 heterocycles. The van der Waals surface area contributed by atoms with Gasteiger partial charge in [-0.15, -0.1) is 0 Å². The molecule has 108 valence electrons. The summed E-state index contributed by atoms with van der Waals surface area (Å²) >= 11 is 0. The lowest BCUT2D eigenvalue weighted by Gasteiger charge is -2.53. The van der Waals surface area contributed by atoms with Crippen LogP contribution in [-0.2, 0) is 4.74 Å². The number of aliphatic hydroxyl groups excluding tert-OH is 1. The average molecular weight is 257 g/mol. The molecular formula is C15H31NO2. The lowest BCUT2D eigenvalue weighted by atomic mass is 9.64. The Morgan fingerprint density at radius 3 is 2.28 bits per heavy atom. The van der Waals surface area contributed by atoms with E-state index in [1.807, 2.05) is 0 Å². The Balaban J connectivity index is 2.43. The third-order valence-electron chi connectivity index (χ3n) is 4.23. The topological polar surface area (TPSA) is 41.5 Å². The van der Waals surface area contributed by atoms with Crippen LogP contribution in [0.15, 0.2) is 0 Å². The molecule has 1 rings (SSSR count). The Labute approximate surface area is 112 Å². The van der Waals surface area contributed by atoms with Gasteiger partial charge < -0.3 is 15.2 Å². The lowest BCUT2D eigenvalue weighted by molar-refractivity contribution is -0.127. The van der Waals surface area contributed by atoms with E-state index in [0.717, 1.165) is 13.0 Å². The van der Waals surface area contributed by atoms with Crippen molar-refractivity contribution in [1.82, 2.24) is 5.32 Å². The van der Waals surface area contributed by atoms with Crippen molar-refractivity contribution >= 4 is 0 Å². The molecule has 0 radical (unpaired) electrons. The maximum Gasteiger partial charge on any atom is 0.0656 e. The second-order valence-electron chi connectivity index (χ2n) is 7.03. The Kier molecular flexibility index (Phi) is 5.63. The molecule has 0 aromatic carbocycles. The van der Waals surface area contributed by atoms with Crippen LogP contribution < -0.4 is 5.32 Å². The number of aliphatic hydroxyl groups is 1. The Morgan fingerprint density at radius 2 is 1.89 bits per heavy atom. The molecule has 0 spiro atoms. The van der Waals surface area contributed by atoms with Gasteiger partial charge in [-0.25, -0.2) is 0 Å². The first-order valence-electron chi connectivity index (χ1n) is 7.27. The van der Waals surface area contributed by atoms with Gasteiger partial charge in [0.1, 0.15) is 0 Å². The van der Waals surface area contributed by atoms with Crippen molar-refractivity contribution in [1.29, 1.82) is 0 Å². The number of ether oxygens (including phenoxy) is 1. The van der Waals surface area contributed by atoms with E-state index < -0.39 is 0 Å². The first-order chi connectivity index (χ1) is 8.28. The summed E-state index contributed by atoms with van der Waals surface area (Å²) in [5.41, 5.74) is 0.164. The second kappa shape index (κ2) is 6.36. The summed E-state index contributed by atoms with van der Waals surface area (Å²) in [5, 5.41) is 13.0. The molecule has 0 saturated heterocycles. The molecule has 3 atom stereocenters. The normalized spacial score (nSPS) is 28.5. The van der Waals surface area contributed by atoms with Gasteiger partial charge in [0.25, 0.3) is 0 Å². The molecule has 0 aliphatic heterocycles. The van der Waals surface area contributed by atoms with E-state index in [0.29, 0.717) is 24.0 Å². The van der Waals surface area contributed by atoms with Gasteiger partial charge in [0.05, 0.1) is 12.7 Å². The maximum absolute atomic E-state index is 9.38. The fraction of sp³-hybridized carbons (Fsp3) is 1.00. The van der Waals surface area contributed by atoms with Crippen molar-refractivity contribution in [2.24, 2.45) is 17.3 Å². The van der Waals surface area contributed by atoms with E-state index in [1.54, 1.807) is 0 Å². The molecule has 2 N–H and O–H groups in total. The van der Waals surface area contributed by atoms with Gasteiger partial charge in [0.15, 0.2) is 0 Å². The maximum atomic E-state index is 9.38. The van der Waals surface area contributed by atoms with Gasteiger partial charge in [0, 0.05) is 24.1 Å². The molecule has 3 nitrogen and oxygen atoms in total. The van der Waals surface area contributed by atoms with Gasteiger partial charge in [-0.3, -0.25) is 0 Å². The smallest absolute Gasteiger partial charge is 0.0656 e. The average Bonchev–Trinajstić information content (AvgIpc) is 2.26. The predicted octanol–water partition coefficient (Wildman–Crippen LogP) is 2.43. The van der Waals surface area contributed by atoms with Crippen LogP contribution >= 0.6 is 0 Å². The van der Waals surface area contributed by atoms with E-state index >= 15 is 0 Å². The summed E-state index contributed by atoms with van der Waals surface area (Å²) in [7, 11) is 0. The van der Waals surface area contributed by atoms with Crippen LogP contribution in [0.5, 0.6) is 0 Å². The molecule has 0 amide bonds. The van der Waals surface area contributed by atoms with E-state index in [4.69, 9.17) is 4.74 Å². The van der Waals surface area contributed by atoms with Crippen LogP contribution in [0, 0.1) is 17.3 Å². The lowest BCUT2D eigenvalue weighted by Crippen LogP contribution is -2.64. The summed E-state index contributed by atoms with van der Waals surface area (Å²) in [6.45, 7) is 14.2. The minimum absolute atomic E-state index is 0.164. The molecular weight excluding hydrogens is 226 g/mol. The molecule has 3 heteroatoms. The van der Waals surface area contributed by atoms with Crippen LogP contribution in [0.3, 0.4) is 0 Å². The number of hydrogen-bond donors (Lipinski definition) is 2. The third-order valence-corrected chi connectivity index (χ3v) is 4.23. The summed E-state index contributed by atoms with van der Waals surface area (Å²) < 4.78 is 5.96. The second-order valence-corrected chi connectivity index (χ2v) is 7.03. The quantitative estimate of drug-likeness (QED) is 0.736. The Hall–Kier alpha value is -0.120. The molecule has 0 bridgehead atoms. The van der Waals surface area contributed by atoms with Crippen molar-refractivity contribution in [3.8, 4) is 0 Å². The van der Waals surface area contributed by atoms with Crippen LogP contribution in [0.1, 0.15) is 48.0 Å². The predicted molar refractivity (Wildman–Crippen MR) is 75.6 cm³/mol. The molecule has 1 aliphatic carbocycles. The standard InChI is InChI=1S/C15H31NO2/c1-10(2)9-18-14-7-13(15(14,5)6)16-12(8-17)11(3)4/h10-14,16-17H,7-9H2,1-6H3. The summed E-state index contributed by atoms with van der Waals surface area (Å²) in [5.74, 6) is 1.05. The highest BCUT2D eigenvalue weighted by Gasteiger charge is 2.49. The first kappa shape index (κ1) is 15.9. The molecule has 1 fully saturated rings. The summed E-state index contributed by atoms with van der Waals surface area (Å²) in [6.07, 6.45) is 1.41. The first-order valence-corrected chi connectivity index (χ1v) is 7.27. The van der Waals surface area contributed by atoms with Crippen LogP contribution in [0.2, 0.25) is 0 Å². The fourth-order valence-electron chi connectivity index (χ4n) is 2.47. The molecule has 0 aromatic heterocycles. The van der Waals surface area contributed by atoms with Crippen molar-refractivity contribution in [3.63, 3.8) is 0 Å². The minimum Gasteiger partial charge on any atom is -0.395 e. The largest absolute Gasteiger partial charge is 0.395 e. The highest BCUT2D eigenvalue weighted by Crippen LogP contribution is 2.43. The molecule has 3 unspecified atom stereocenters. The highest BCUT2D eigenvalue weighted by atomic mass is 16.5. The van der Waals surface area contributed by atoms with E-state index in [1.165, 1.54) is 0 Å². The van der Waals surface area contributed by atoms with Crippen molar-refractivity contribution in [3.05, 3.63) is 0 Å². The molecule has 1 saturated carbocycles. The SMILES string of the molecule is CC(C)COC1CC(NC(CO)C(C)C)C1(C)C. The number of nitrogens with one attached hydrogen (secondary N) is 1. The van der Waals surface area contributed by atoms with Gasteiger partial charge in [-0.1, -0.05) is 41.5 Å². The van der Waals surface area contributed by atoms with Crippen molar-refractivity contribution in [2.75, 3.05) is 13.2 Å². The van der Waals surface area contributed by atoms with E-state index in [2.05, 4.69) is 46.9 Å². The van der Waals surface area contributed by atoms with Gasteiger partial charge in [0.2, 0.25) is 0 Å². The van der Waals surface area contributed by atoms with Gasteiger partial charge in [-0.2, -0.15) is 0 Å². The third kappa shape index (κ3) is 3.69. The summed E-state index contributed by atoms with van der Waals surface area (Å²) in [6, 6.07) is 0.648. The number of rotatable bonds is 7. The van der Waals surface area contributed by atoms with Crippen LogP contribution in [0.25, 0.3) is 0 Å². The molecule has 18 heavy (non-hydrogen) atoms. The Morgan fingerprint density at radius 1 is 1.28 bits per heavy atom. The zero-order valence-electron chi connectivity index (χ0n) is 12.9. The molecule has 1 aliphatic rings. The van der Waals surface area contributed by atoms with Crippen molar-refractivity contribution in [2.45, 2.75) is 66.2 Å². The zero-order chi connectivity index (χ0) is 13.9. The number of hydrogen-bond acceptors (Lipinski definition) is 3. The van der Waals surface area contributed by atoms with Crippen LogP contribution in [0.4, 0.5) is 0 Å². The molecule has 0 aromatic rings. The van der Waals surface area contributed by atoms with Gasteiger partial charge in [-0.05, 0) is 18.3 Å². The zero-order valence-corrected chi connectivity index (χ0v) is 12.9.